The Bertz CT molecular complexity index is 57.7. The molecule has 0 saturated heterocycles. The van der Waals surface area contributed by atoms with Crippen LogP contribution in [-0.2, 0) is 0 Å². The highest BCUT2D eigenvalue weighted by atomic mass is 16.3. The van der Waals surface area contributed by atoms with E-state index in [1.54, 1.807) is 0 Å². The number of aliphatic hydroxyl groups is 1. The smallest absolute Gasteiger partial charge is 0.0461 e. The summed E-state index contributed by atoms with van der Waals surface area (Å²) in [5.41, 5.74) is 0. The lowest BCUT2D eigenvalue weighted by Crippen LogP contribution is -2.04. The quantitative estimate of drug-likeness (QED) is 0.566. The van der Waals surface area contributed by atoms with Crippen molar-refractivity contribution in [3.05, 3.63) is 6.42 Å². The fourth-order valence-electron chi connectivity index (χ4n) is 0.928. The molecule has 0 saturated carbocycles. The van der Waals surface area contributed by atoms with E-state index in [2.05, 4.69) is 20.3 Å². The SMILES string of the molecule is CCCC[CH]C(CC)CO. The number of hydrogen-bond donors (Lipinski definition) is 1. The van der Waals surface area contributed by atoms with E-state index in [0.717, 1.165) is 12.8 Å². The van der Waals surface area contributed by atoms with Gasteiger partial charge in [0.2, 0.25) is 0 Å². The van der Waals surface area contributed by atoms with Crippen LogP contribution in [0, 0.1) is 12.3 Å². The van der Waals surface area contributed by atoms with Crippen LogP contribution in [0.1, 0.15) is 39.5 Å². The Morgan fingerprint density at radius 3 is 2.50 bits per heavy atom. The van der Waals surface area contributed by atoms with Gasteiger partial charge in [0, 0.05) is 6.61 Å². The first-order valence-corrected chi connectivity index (χ1v) is 4.29. The van der Waals surface area contributed by atoms with Crippen LogP contribution in [0.3, 0.4) is 0 Å². The summed E-state index contributed by atoms with van der Waals surface area (Å²) in [6, 6.07) is 0. The topological polar surface area (TPSA) is 20.2 Å². The van der Waals surface area contributed by atoms with Crippen molar-refractivity contribution in [1.29, 1.82) is 0 Å². The van der Waals surface area contributed by atoms with Crippen LogP contribution < -0.4 is 0 Å². The van der Waals surface area contributed by atoms with Gasteiger partial charge in [0.1, 0.15) is 0 Å². The summed E-state index contributed by atoms with van der Waals surface area (Å²) >= 11 is 0. The molecule has 0 aliphatic carbocycles. The predicted octanol–water partition coefficient (Wildman–Crippen LogP) is 2.40. The Labute approximate surface area is 64.5 Å². The number of aliphatic hydroxyl groups excluding tert-OH is 1. The van der Waals surface area contributed by atoms with Crippen LogP contribution in [0.15, 0.2) is 0 Å². The first-order chi connectivity index (χ1) is 4.85. The molecule has 61 valence electrons. The monoisotopic (exact) mass is 143 g/mol. The number of unbranched alkanes of at least 4 members (excludes halogenated alkanes) is 2. The molecule has 10 heavy (non-hydrogen) atoms. The zero-order valence-electron chi connectivity index (χ0n) is 7.14. The van der Waals surface area contributed by atoms with Gasteiger partial charge in [0.15, 0.2) is 0 Å². The zero-order chi connectivity index (χ0) is 7.82. The average molecular weight is 143 g/mol. The Morgan fingerprint density at radius 1 is 1.40 bits per heavy atom. The summed E-state index contributed by atoms with van der Waals surface area (Å²) in [7, 11) is 0. The molecule has 0 rings (SSSR count). The van der Waals surface area contributed by atoms with Crippen molar-refractivity contribution in [2.24, 2.45) is 5.92 Å². The average Bonchev–Trinajstić information content (AvgIpc) is 1.99. The second-order valence-electron chi connectivity index (χ2n) is 2.73. The van der Waals surface area contributed by atoms with Crippen molar-refractivity contribution in [3.63, 3.8) is 0 Å². The lowest BCUT2D eigenvalue weighted by atomic mass is 10.00. The van der Waals surface area contributed by atoms with E-state index in [4.69, 9.17) is 5.11 Å². The first-order valence-electron chi connectivity index (χ1n) is 4.29. The predicted molar refractivity (Wildman–Crippen MR) is 44.7 cm³/mol. The highest BCUT2D eigenvalue weighted by molar-refractivity contribution is 4.73. The van der Waals surface area contributed by atoms with Gasteiger partial charge in [-0.15, -0.1) is 0 Å². The van der Waals surface area contributed by atoms with Gasteiger partial charge in [-0.3, -0.25) is 0 Å². The molecule has 0 spiro atoms. The Hall–Kier alpha value is -0.0400. The van der Waals surface area contributed by atoms with Gasteiger partial charge in [-0.25, -0.2) is 0 Å². The summed E-state index contributed by atoms with van der Waals surface area (Å²) in [5, 5.41) is 8.79. The molecule has 0 aliphatic rings. The molecule has 0 fully saturated rings. The number of rotatable bonds is 6. The molecule has 0 aromatic heterocycles. The molecule has 1 N–H and O–H groups in total. The molecule has 1 atom stereocenters. The van der Waals surface area contributed by atoms with Crippen molar-refractivity contribution < 1.29 is 5.11 Å². The maximum absolute atomic E-state index is 8.79. The Kier molecular flexibility index (Phi) is 7.04. The highest BCUT2D eigenvalue weighted by Crippen LogP contribution is 2.10. The summed E-state index contributed by atoms with van der Waals surface area (Å²) in [6.07, 6.45) is 6.98. The fourth-order valence-corrected chi connectivity index (χ4v) is 0.928. The highest BCUT2D eigenvalue weighted by Gasteiger charge is 2.02. The summed E-state index contributed by atoms with van der Waals surface area (Å²) in [6.45, 7) is 4.62. The fraction of sp³-hybridized carbons (Fsp3) is 0.889. The molecule has 0 amide bonds. The second-order valence-corrected chi connectivity index (χ2v) is 2.73. The van der Waals surface area contributed by atoms with Crippen LogP contribution in [0.4, 0.5) is 0 Å². The third-order valence-electron chi connectivity index (χ3n) is 1.82. The number of hydrogen-bond acceptors (Lipinski definition) is 1. The third kappa shape index (κ3) is 4.80. The summed E-state index contributed by atoms with van der Waals surface area (Å²) in [4.78, 5) is 0. The minimum absolute atomic E-state index is 0.320. The van der Waals surface area contributed by atoms with Gasteiger partial charge < -0.3 is 5.11 Å². The molecular weight excluding hydrogens is 124 g/mol. The molecule has 0 aliphatic heterocycles. The van der Waals surface area contributed by atoms with Crippen molar-refractivity contribution in [2.75, 3.05) is 6.61 Å². The molecule has 0 aromatic carbocycles. The molecule has 0 heterocycles. The van der Waals surface area contributed by atoms with Gasteiger partial charge in [0.25, 0.3) is 0 Å². The van der Waals surface area contributed by atoms with Crippen molar-refractivity contribution in [1.82, 2.24) is 0 Å². The van der Waals surface area contributed by atoms with Gasteiger partial charge in [0.05, 0.1) is 0 Å². The van der Waals surface area contributed by atoms with E-state index in [0.29, 0.717) is 12.5 Å². The van der Waals surface area contributed by atoms with Crippen LogP contribution in [0.5, 0.6) is 0 Å². The second kappa shape index (κ2) is 7.07. The zero-order valence-corrected chi connectivity index (χ0v) is 7.14. The van der Waals surface area contributed by atoms with E-state index in [9.17, 15) is 0 Å². The largest absolute Gasteiger partial charge is 0.396 e. The standard InChI is InChI=1S/C9H19O/c1-3-5-6-7-9(4-2)8-10/h7,9-10H,3-6,8H2,1-2H3. The molecule has 1 unspecified atom stereocenters. The Balaban J connectivity index is 3.09. The Morgan fingerprint density at radius 2 is 2.10 bits per heavy atom. The van der Waals surface area contributed by atoms with E-state index in [1.807, 2.05) is 0 Å². The van der Waals surface area contributed by atoms with Gasteiger partial charge in [-0.2, -0.15) is 0 Å². The third-order valence-corrected chi connectivity index (χ3v) is 1.82. The molecule has 1 radical (unpaired) electrons. The van der Waals surface area contributed by atoms with E-state index in [1.165, 1.54) is 12.8 Å². The van der Waals surface area contributed by atoms with Crippen molar-refractivity contribution in [3.8, 4) is 0 Å². The lowest BCUT2D eigenvalue weighted by molar-refractivity contribution is 0.238. The van der Waals surface area contributed by atoms with Crippen LogP contribution in [0.25, 0.3) is 0 Å². The first kappa shape index (κ1) is 9.96. The van der Waals surface area contributed by atoms with E-state index >= 15 is 0 Å². The molecule has 1 heteroatoms. The van der Waals surface area contributed by atoms with Crippen molar-refractivity contribution in [2.45, 2.75) is 39.5 Å². The van der Waals surface area contributed by atoms with E-state index in [-0.39, 0.29) is 0 Å². The van der Waals surface area contributed by atoms with E-state index < -0.39 is 0 Å². The molecular formula is C9H19O. The van der Waals surface area contributed by atoms with Crippen LogP contribution in [-0.4, -0.2) is 11.7 Å². The minimum atomic E-state index is 0.320. The van der Waals surface area contributed by atoms with Gasteiger partial charge in [-0.05, 0) is 18.8 Å². The lowest BCUT2D eigenvalue weighted by Gasteiger charge is -2.09. The summed E-state index contributed by atoms with van der Waals surface area (Å²) < 4.78 is 0. The van der Waals surface area contributed by atoms with Crippen LogP contribution >= 0.6 is 0 Å². The molecule has 0 aromatic rings. The maximum Gasteiger partial charge on any atom is 0.0461 e. The minimum Gasteiger partial charge on any atom is -0.396 e. The van der Waals surface area contributed by atoms with Crippen molar-refractivity contribution >= 4 is 0 Å². The maximum atomic E-state index is 8.79. The normalized spacial score (nSPS) is 13.5. The summed E-state index contributed by atoms with van der Waals surface area (Å²) in [5.74, 6) is 0.437. The molecule has 0 bridgehead atoms. The van der Waals surface area contributed by atoms with Crippen LogP contribution in [0.2, 0.25) is 0 Å². The van der Waals surface area contributed by atoms with Gasteiger partial charge >= 0.3 is 0 Å². The molecule has 1 nitrogen and oxygen atoms in total. The van der Waals surface area contributed by atoms with Gasteiger partial charge in [-0.1, -0.05) is 33.1 Å².